The topological polar surface area (TPSA) is 43.7 Å². The third-order valence-electron chi connectivity index (χ3n) is 5.09. The van der Waals surface area contributed by atoms with Crippen LogP contribution in [0.15, 0.2) is 42.6 Å². The van der Waals surface area contributed by atoms with Crippen molar-refractivity contribution in [1.82, 2.24) is 9.47 Å². The molecule has 26 heavy (non-hydrogen) atoms. The maximum atomic E-state index is 11.9. The van der Waals surface area contributed by atoms with Crippen molar-refractivity contribution in [3.63, 3.8) is 0 Å². The van der Waals surface area contributed by atoms with Crippen LogP contribution in [0.2, 0.25) is 0 Å². The molecule has 2 aromatic rings. The summed E-state index contributed by atoms with van der Waals surface area (Å²) in [6.07, 6.45) is 5.12. The fraction of sp³-hybridized carbons (Fsp3) is 0.476. The van der Waals surface area contributed by atoms with Crippen LogP contribution in [0, 0.1) is 6.92 Å². The van der Waals surface area contributed by atoms with Crippen molar-refractivity contribution in [3.05, 3.63) is 53.9 Å². The molecule has 0 bridgehead atoms. The van der Waals surface area contributed by atoms with Gasteiger partial charge in [-0.25, -0.2) is 4.79 Å². The van der Waals surface area contributed by atoms with Gasteiger partial charge < -0.3 is 18.9 Å². The van der Waals surface area contributed by atoms with Crippen molar-refractivity contribution < 1.29 is 14.3 Å². The number of piperidine rings is 1. The van der Waals surface area contributed by atoms with E-state index in [0.717, 1.165) is 51.3 Å². The molecular formula is C21H28N2O3. The molecule has 1 aliphatic rings. The molecule has 5 heteroatoms. The Labute approximate surface area is 155 Å². The minimum Gasteiger partial charge on any atom is -0.493 e. The van der Waals surface area contributed by atoms with Crippen LogP contribution in [0.3, 0.4) is 0 Å². The first-order valence-electron chi connectivity index (χ1n) is 9.35. The highest BCUT2D eigenvalue weighted by Crippen LogP contribution is 2.25. The van der Waals surface area contributed by atoms with E-state index in [-0.39, 0.29) is 5.97 Å². The molecule has 0 saturated carbocycles. The maximum Gasteiger partial charge on any atom is 0.354 e. The lowest BCUT2D eigenvalue weighted by Crippen LogP contribution is -2.36. The van der Waals surface area contributed by atoms with Gasteiger partial charge in [-0.3, -0.25) is 0 Å². The van der Waals surface area contributed by atoms with Crippen LogP contribution in [0.4, 0.5) is 0 Å². The van der Waals surface area contributed by atoms with E-state index in [2.05, 4.69) is 22.5 Å². The number of benzene rings is 1. The zero-order valence-corrected chi connectivity index (χ0v) is 15.7. The molecule has 1 aliphatic heterocycles. The van der Waals surface area contributed by atoms with Crippen LogP contribution in [0.1, 0.15) is 41.4 Å². The molecule has 0 N–H and O–H groups in total. The number of para-hydroxylation sites is 1. The molecule has 0 atom stereocenters. The minimum atomic E-state index is -0.259. The Morgan fingerprint density at radius 2 is 1.92 bits per heavy atom. The molecule has 140 valence electrons. The highest BCUT2D eigenvalue weighted by atomic mass is 16.5. The van der Waals surface area contributed by atoms with Crippen molar-refractivity contribution in [2.75, 3.05) is 33.4 Å². The van der Waals surface area contributed by atoms with Gasteiger partial charge in [-0.15, -0.1) is 0 Å². The van der Waals surface area contributed by atoms with Crippen LogP contribution in [-0.4, -0.2) is 48.8 Å². The van der Waals surface area contributed by atoms with Crippen LogP contribution in [0.25, 0.3) is 0 Å². The van der Waals surface area contributed by atoms with E-state index < -0.39 is 0 Å². The predicted molar refractivity (Wildman–Crippen MR) is 102 cm³/mol. The van der Waals surface area contributed by atoms with Crippen LogP contribution >= 0.6 is 0 Å². The second kappa shape index (κ2) is 8.90. The monoisotopic (exact) mass is 356 g/mol. The molecule has 2 heterocycles. The number of hydrogen-bond donors (Lipinski definition) is 0. The Kier molecular flexibility index (Phi) is 6.34. The van der Waals surface area contributed by atoms with E-state index in [1.54, 1.807) is 0 Å². The first-order valence-corrected chi connectivity index (χ1v) is 9.35. The standard InChI is InChI=1S/C21H28N2O3/c1-17-7-3-4-9-20(17)26-16-6-12-22-14-10-18(11-15-22)23-13-5-8-19(23)21(24)25-2/h3-5,7-9,13,18H,6,10-12,14-16H2,1-2H3. The fourth-order valence-electron chi connectivity index (χ4n) is 3.60. The van der Waals surface area contributed by atoms with Crippen LogP contribution in [-0.2, 0) is 4.74 Å². The van der Waals surface area contributed by atoms with Gasteiger partial charge in [0.15, 0.2) is 0 Å². The van der Waals surface area contributed by atoms with Gasteiger partial charge in [-0.2, -0.15) is 0 Å². The van der Waals surface area contributed by atoms with Crippen molar-refractivity contribution >= 4 is 5.97 Å². The zero-order chi connectivity index (χ0) is 18.4. The lowest BCUT2D eigenvalue weighted by Gasteiger charge is -2.33. The van der Waals surface area contributed by atoms with Gasteiger partial charge in [0.25, 0.3) is 0 Å². The first kappa shape index (κ1) is 18.5. The van der Waals surface area contributed by atoms with Gasteiger partial charge in [0.2, 0.25) is 0 Å². The zero-order valence-electron chi connectivity index (χ0n) is 15.7. The number of aromatic nitrogens is 1. The number of hydrogen-bond acceptors (Lipinski definition) is 4. The fourth-order valence-corrected chi connectivity index (χ4v) is 3.60. The molecular weight excluding hydrogens is 328 g/mol. The number of carbonyl (C=O) groups excluding carboxylic acids is 1. The van der Waals surface area contributed by atoms with Gasteiger partial charge in [0, 0.05) is 31.9 Å². The highest BCUT2D eigenvalue weighted by molar-refractivity contribution is 5.87. The van der Waals surface area contributed by atoms with E-state index in [1.807, 2.05) is 36.5 Å². The Hall–Kier alpha value is -2.27. The summed E-state index contributed by atoms with van der Waals surface area (Å²) in [5.74, 6) is 0.722. The summed E-state index contributed by atoms with van der Waals surface area (Å²) in [6.45, 7) is 5.97. The quantitative estimate of drug-likeness (QED) is 0.561. The molecule has 0 amide bonds. The van der Waals surface area contributed by atoms with Crippen molar-refractivity contribution in [2.24, 2.45) is 0 Å². The summed E-state index contributed by atoms with van der Waals surface area (Å²) < 4.78 is 12.8. The third kappa shape index (κ3) is 4.47. The predicted octanol–water partition coefficient (Wildman–Crippen LogP) is 3.69. The smallest absolute Gasteiger partial charge is 0.354 e. The number of aryl methyl sites for hydroxylation is 1. The number of rotatable bonds is 7. The van der Waals surface area contributed by atoms with Crippen molar-refractivity contribution in [3.8, 4) is 5.75 Å². The molecule has 0 unspecified atom stereocenters. The Balaban J connectivity index is 1.41. The molecule has 5 nitrogen and oxygen atoms in total. The molecule has 0 aliphatic carbocycles. The van der Waals surface area contributed by atoms with Gasteiger partial charge in [-0.05, 0) is 49.9 Å². The van der Waals surface area contributed by atoms with Crippen molar-refractivity contribution in [2.45, 2.75) is 32.2 Å². The second-order valence-corrected chi connectivity index (χ2v) is 6.83. The third-order valence-corrected chi connectivity index (χ3v) is 5.09. The Morgan fingerprint density at radius 3 is 2.65 bits per heavy atom. The van der Waals surface area contributed by atoms with E-state index in [0.29, 0.717) is 11.7 Å². The van der Waals surface area contributed by atoms with Gasteiger partial charge in [0.05, 0.1) is 13.7 Å². The number of ether oxygens (including phenoxy) is 2. The lowest BCUT2D eigenvalue weighted by molar-refractivity contribution is 0.0581. The normalized spacial score (nSPS) is 15.8. The molecule has 1 aromatic heterocycles. The van der Waals surface area contributed by atoms with Crippen molar-refractivity contribution in [1.29, 1.82) is 0 Å². The minimum absolute atomic E-state index is 0.259. The summed E-state index contributed by atoms with van der Waals surface area (Å²) in [6, 6.07) is 12.3. The maximum absolute atomic E-state index is 11.9. The summed E-state index contributed by atoms with van der Waals surface area (Å²) in [5, 5.41) is 0. The van der Waals surface area contributed by atoms with Gasteiger partial charge >= 0.3 is 5.97 Å². The van der Waals surface area contributed by atoms with E-state index in [4.69, 9.17) is 9.47 Å². The summed E-state index contributed by atoms with van der Waals surface area (Å²) in [4.78, 5) is 14.3. The number of nitrogens with zero attached hydrogens (tertiary/aromatic N) is 2. The number of esters is 1. The largest absolute Gasteiger partial charge is 0.493 e. The van der Waals surface area contributed by atoms with E-state index >= 15 is 0 Å². The second-order valence-electron chi connectivity index (χ2n) is 6.83. The van der Waals surface area contributed by atoms with Crippen LogP contribution in [0.5, 0.6) is 5.75 Å². The molecule has 1 fully saturated rings. The number of likely N-dealkylation sites (tertiary alicyclic amines) is 1. The summed E-state index contributed by atoms with van der Waals surface area (Å²) in [7, 11) is 1.43. The Morgan fingerprint density at radius 1 is 1.15 bits per heavy atom. The average Bonchev–Trinajstić information content (AvgIpc) is 3.16. The van der Waals surface area contributed by atoms with Gasteiger partial charge in [-0.1, -0.05) is 18.2 Å². The number of methoxy groups -OCH3 is 1. The molecule has 1 aromatic carbocycles. The highest BCUT2D eigenvalue weighted by Gasteiger charge is 2.23. The van der Waals surface area contributed by atoms with E-state index in [1.165, 1.54) is 12.7 Å². The lowest BCUT2D eigenvalue weighted by atomic mass is 10.0. The number of carbonyl (C=O) groups is 1. The van der Waals surface area contributed by atoms with Crippen LogP contribution < -0.4 is 4.74 Å². The van der Waals surface area contributed by atoms with Gasteiger partial charge in [0.1, 0.15) is 11.4 Å². The Bertz CT molecular complexity index is 718. The molecule has 3 rings (SSSR count). The average molecular weight is 356 g/mol. The molecule has 1 saturated heterocycles. The summed E-state index contributed by atoms with van der Waals surface area (Å²) >= 11 is 0. The summed E-state index contributed by atoms with van der Waals surface area (Å²) in [5.41, 5.74) is 1.83. The first-order chi connectivity index (χ1) is 12.7. The van der Waals surface area contributed by atoms with E-state index in [9.17, 15) is 4.79 Å². The molecule has 0 spiro atoms. The SMILES string of the molecule is COC(=O)c1cccn1C1CCN(CCCOc2ccccc2C)CC1. The molecule has 0 radical (unpaired) electrons.